The van der Waals surface area contributed by atoms with Gasteiger partial charge >= 0.3 is 5.97 Å². The molecule has 8 heteroatoms. The maximum absolute atomic E-state index is 13.0. The van der Waals surface area contributed by atoms with Crippen LogP contribution in [0, 0.1) is 5.92 Å². The topological polar surface area (TPSA) is 98.8 Å². The van der Waals surface area contributed by atoms with Crippen molar-refractivity contribution in [2.75, 3.05) is 24.2 Å². The number of sulfonamides is 1. The summed E-state index contributed by atoms with van der Waals surface area (Å²) >= 11 is 0. The predicted octanol–water partition coefficient (Wildman–Crippen LogP) is 3.78. The summed E-state index contributed by atoms with van der Waals surface area (Å²) in [6, 6.07) is 14.2. The normalized spacial score (nSPS) is 18.6. The summed E-state index contributed by atoms with van der Waals surface area (Å²) in [5.41, 5.74) is 2.68. The highest BCUT2D eigenvalue weighted by molar-refractivity contribution is 7.92. The lowest BCUT2D eigenvalue weighted by molar-refractivity contribution is -0.151. The molecule has 1 aliphatic carbocycles. The van der Waals surface area contributed by atoms with E-state index in [2.05, 4.69) is 4.72 Å². The lowest BCUT2D eigenvalue weighted by Gasteiger charge is -2.29. The van der Waals surface area contributed by atoms with Crippen LogP contribution in [0.25, 0.3) is 5.57 Å². The van der Waals surface area contributed by atoms with Crippen molar-refractivity contribution in [2.45, 2.75) is 26.2 Å². The summed E-state index contributed by atoms with van der Waals surface area (Å²) in [5, 5.41) is 0. The highest BCUT2D eigenvalue weighted by Gasteiger charge is 2.39. The Morgan fingerprint density at radius 2 is 1.81 bits per heavy atom. The molecule has 2 atom stereocenters. The van der Waals surface area contributed by atoms with E-state index in [1.807, 2.05) is 37.3 Å². The van der Waals surface area contributed by atoms with Crippen LogP contribution in [0.1, 0.15) is 37.3 Å². The third kappa shape index (κ3) is 5.76. The van der Waals surface area contributed by atoms with Crippen molar-refractivity contribution in [1.29, 1.82) is 0 Å². The number of rotatable bonds is 8. The quantitative estimate of drug-likeness (QED) is 0.479. The van der Waals surface area contributed by atoms with Gasteiger partial charge in [0.2, 0.25) is 10.0 Å². The fraction of sp³-hybridized carbons (Fsp3) is 0.333. The van der Waals surface area contributed by atoms with E-state index in [1.54, 1.807) is 25.1 Å². The first-order valence-corrected chi connectivity index (χ1v) is 12.3. The van der Waals surface area contributed by atoms with Gasteiger partial charge in [-0.3, -0.25) is 14.3 Å². The second-order valence-electron chi connectivity index (χ2n) is 7.57. The lowest BCUT2D eigenvalue weighted by Crippen LogP contribution is -2.34. The van der Waals surface area contributed by atoms with Crippen LogP contribution in [-0.2, 0) is 24.3 Å². The second kappa shape index (κ2) is 9.99. The highest BCUT2D eigenvalue weighted by Crippen LogP contribution is 2.41. The summed E-state index contributed by atoms with van der Waals surface area (Å²) in [6.45, 7) is 4.33. The van der Waals surface area contributed by atoms with Gasteiger partial charge in [0.25, 0.3) is 0 Å². The molecule has 32 heavy (non-hydrogen) atoms. The van der Waals surface area contributed by atoms with Crippen molar-refractivity contribution in [3.63, 3.8) is 0 Å². The number of anilines is 1. The first-order valence-electron chi connectivity index (χ1n) is 10.4. The van der Waals surface area contributed by atoms with E-state index in [0.717, 1.165) is 17.4 Å². The molecule has 2 aromatic carbocycles. The molecule has 0 bridgehead atoms. The number of esters is 1. The summed E-state index contributed by atoms with van der Waals surface area (Å²) in [6.07, 6.45) is 2.96. The van der Waals surface area contributed by atoms with Crippen molar-refractivity contribution in [3.8, 4) is 5.75 Å². The average Bonchev–Trinajstić information content (AvgIpc) is 2.73. The van der Waals surface area contributed by atoms with E-state index >= 15 is 0 Å². The van der Waals surface area contributed by atoms with Gasteiger partial charge in [-0.25, -0.2) is 8.42 Å². The fourth-order valence-corrected chi connectivity index (χ4v) is 4.43. The lowest BCUT2D eigenvalue weighted by atomic mass is 9.73. The first kappa shape index (κ1) is 23.5. The van der Waals surface area contributed by atoms with E-state index in [-0.39, 0.29) is 12.4 Å². The Kier molecular flexibility index (Phi) is 7.35. The Balaban J connectivity index is 1.98. The van der Waals surface area contributed by atoms with Crippen LogP contribution < -0.4 is 9.46 Å². The predicted molar refractivity (Wildman–Crippen MR) is 123 cm³/mol. The number of allylic oxidation sites excluding steroid dienone is 2. The second-order valence-corrected chi connectivity index (χ2v) is 9.32. The number of nitrogens with one attached hydrogen (secondary N) is 1. The molecule has 0 spiro atoms. The van der Waals surface area contributed by atoms with Crippen LogP contribution in [0.3, 0.4) is 0 Å². The van der Waals surface area contributed by atoms with Crippen LogP contribution in [0.4, 0.5) is 5.69 Å². The molecule has 2 aromatic rings. The minimum Gasteiger partial charge on any atom is -0.494 e. The molecule has 0 radical (unpaired) electrons. The maximum Gasteiger partial charge on any atom is 0.317 e. The van der Waals surface area contributed by atoms with E-state index in [1.165, 1.54) is 6.08 Å². The molecule has 0 aliphatic heterocycles. The largest absolute Gasteiger partial charge is 0.494 e. The van der Waals surface area contributed by atoms with Gasteiger partial charge in [0, 0.05) is 11.6 Å². The molecule has 0 aromatic heterocycles. The standard InChI is InChI=1S/C24H27NO6S/c1-4-30-20-11-9-16(10-12-20)21-14-18(15-22(26)23(21)24(27)31-5-2)17-7-6-8-19(13-17)25-32(3,28)29/h6-13,15,21,23,25H,4-5,14H2,1-3H3/t21-,23-/m1/s1. The molecule has 1 N–H and O–H groups in total. The molecule has 0 fully saturated rings. The van der Waals surface area contributed by atoms with Crippen LogP contribution in [-0.4, -0.2) is 39.6 Å². The first-order chi connectivity index (χ1) is 15.2. The molecule has 0 saturated carbocycles. The van der Waals surface area contributed by atoms with Crippen molar-refractivity contribution < 1.29 is 27.5 Å². The third-order valence-electron chi connectivity index (χ3n) is 5.16. The maximum atomic E-state index is 13.0. The Bertz CT molecular complexity index is 1120. The van der Waals surface area contributed by atoms with Crippen LogP contribution >= 0.6 is 0 Å². The molecule has 0 unspecified atom stereocenters. The molecule has 0 amide bonds. The minimum absolute atomic E-state index is 0.189. The molecule has 7 nitrogen and oxygen atoms in total. The van der Waals surface area contributed by atoms with E-state index in [9.17, 15) is 18.0 Å². The molecule has 3 rings (SSSR count). The smallest absolute Gasteiger partial charge is 0.317 e. The fourth-order valence-electron chi connectivity index (χ4n) is 3.87. The highest BCUT2D eigenvalue weighted by atomic mass is 32.2. The number of benzene rings is 2. The van der Waals surface area contributed by atoms with Crippen LogP contribution in [0.15, 0.2) is 54.6 Å². The Labute approximate surface area is 188 Å². The van der Waals surface area contributed by atoms with Crippen LogP contribution in [0.2, 0.25) is 0 Å². The summed E-state index contributed by atoms with van der Waals surface area (Å²) in [4.78, 5) is 25.7. The number of carbonyl (C=O) groups is 2. The van der Waals surface area contributed by atoms with Gasteiger partial charge in [-0.15, -0.1) is 0 Å². The Morgan fingerprint density at radius 3 is 2.44 bits per heavy atom. The zero-order valence-electron chi connectivity index (χ0n) is 18.3. The van der Waals surface area contributed by atoms with E-state index in [0.29, 0.717) is 30.0 Å². The molecular formula is C24H27NO6S. The minimum atomic E-state index is -3.43. The number of hydrogen-bond donors (Lipinski definition) is 1. The third-order valence-corrected chi connectivity index (χ3v) is 5.77. The number of ketones is 1. The van der Waals surface area contributed by atoms with Crippen molar-refractivity contribution >= 4 is 33.0 Å². The molecule has 0 heterocycles. The number of hydrogen-bond acceptors (Lipinski definition) is 6. The summed E-state index contributed by atoms with van der Waals surface area (Å²) in [5.74, 6) is -1.51. The van der Waals surface area contributed by atoms with Gasteiger partial charge in [0.1, 0.15) is 11.7 Å². The zero-order chi connectivity index (χ0) is 23.3. The summed E-state index contributed by atoms with van der Waals surface area (Å²) < 4.78 is 36.3. The molecule has 170 valence electrons. The van der Waals surface area contributed by atoms with Crippen molar-refractivity contribution in [2.24, 2.45) is 5.92 Å². The average molecular weight is 458 g/mol. The van der Waals surface area contributed by atoms with Crippen molar-refractivity contribution in [1.82, 2.24) is 0 Å². The number of carbonyl (C=O) groups excluding carboxylic acids is 2. The molecule has 1 aliphatic rings. The van der Waals surface area contributed by atoms with E-state index < -0.39 is 27.8 Å². The van der Waals surface area contributed by atoms with Gasteiger partial charge in [0.05, 0.1) is 19.5 Å². The SMILES string of the molecule is CCOC(=O)[C@H]1C(=O)C=C(c2cccc(NS(C)(=O)=O)c2)C[C@@H]1c1ccc(OCC)cc1. The van der Waals surface area contributed by atoms with Crippen molar-refractivity contribution in [3.05, 3.63) is 65.7 Å². The van der Waals surface area contributed by atoms with Gasteiger partial charge in [-0.2, -0.15) is 0 Å². The van der Waals surface area contributed by atoms with Gasteiger partial charge in [-0.1, -0.05) is 24.3 Å². The molecule has 0 saturated heterocycles. The van der Waals surface area contributed by atoms with Crippen LogP contribution in [0.5, 0.6) is 5.75 Å². The number of ether oxygens (including phenoxy) is 2. The monoisotopic (exact) mass is 457 g/mol. The Morgan fingerprint density at radius 1 is 1.09 bits per heavy atom. The summed E-state index contributed by atoms with van der Waals surface area (Å²) in [7, 11) is -3.43. The Hall–Kier alpha value is -3.13. The zero-order valence-corrected chi connectivity index (χ0v) is 19.1. The van der Waals surface area contributed by atoms with Gasteiger partial charge in [-0.05, 0) is 67.3 Å². The molecular weight excluding hydrogens is 430 g/mol. The van der Waals surface area contributed by atoms with E-state index in [4.69, 9.17) is 9.47 Å². The van der Waals surface area contributed by atoms with Gasteiger partial charge < -0.3 is 9.47 Å². The van der Waals surface area contributed by atoms with Gasteiger partial charge in [0.15, 0.2) is 5.78 Å².